The molecule has 4 nitrogen and oxygen atoms in total. The van der Waals surface area contributed by atoms with Gasteiger partial charge in [0.1, 0.15) is 5.82 Å². The van der Waals surface area contributed by atoms with Gasteiger partial charge in [-0.25, -0.2) is 4.39 Å². The third-order valence-electron chi connectivity index (χ3n) is 4.47. The summed E-state index contributed by atoms with van der Waals surface area (Å²) in [6, 6.07) is 16.5. The van der Waals surface area contributed by atoms with Crippen LogP contribution >= 0.6 is 0 Å². The van der Waals surface area contributed by atoms with Gasteiger partial charge < -0.3 is 27.5 Å². The molecule has 3 rings (SSSR count). The van der Waals surface area contributed by atoms with Crippen molar-refractivity contribution in [2.75, 3.05) is 44.2 Å². The summed E-state index contributed by atoms with van der Waals surface area (Å²) in [4.78, 5) is 15.8. The number of anilines is 1. The van der Waals surface area contributed by atoms with Gasteiger partial charge in [-0.2, -0.15) is 0 Å². The van der Waals surface area contributed by atoms with Crippen LogP contribution in [0.5, 0.6) is 0 Å². The standard InChI is InChI=1S/C19H22FN3O.ClH/c20-18-9-5-4-8-17(18)19(24)21-10-11-22-12-14-23(15-13-22)16-6-2-1-3-7-16;/h1-9H,10-15H2,(H,21,24);1H. The lowest BCUT2D eigenvalue weighted by Gasteiger charge is -2.33. The Morgan fingerprint density at radius 2 is 1.68 bits per heavy atom. The quantitative estimate of drug-likeness (QED) is 0.642. The number of quaternary nitrogens is 1. The normalized spacial score (nSPS) is 14.7. The highest BCUT2D eigenvalue weighted by atomic mass is 35.5. The zero-order valence-electron chi connectivity index (χ0n) is 14.1. The highest BCUT2D eigenvalue weighted by Crippen LogP contribution is 2.12. The molecule has 0 atom stereocenters. The van der Waals surface area contributed by atoms with Crippen LogP contribution in [0.1, 0.15) is 10.4 Å². The van der Waals surface area contributed by atoms with Gasteiger partial charge in [0.15, 0.2) is 0 Å². The molecule has 0 unspecified atom stereocenters. The molecule has 1 heterocycles. The number of nitrogens with zero attached hydrogens (tertiary/aromatic N) is 1. The SMILES string of the molecule is O=C(NCC[NH+]1CCN(c2ccccc2)CC1)c1ccccc1F.[Cl-]. The van der Waals surface area contributed by atoms with Crippen molar-refractivity contribution in [2.45, 2.75) is 0 Å². The van der Waals surface area contributed by atoms with Crippen molar-refractivity contribution in [2.24, 2.45) is 0 Å². The van der Waals surface area contributed by atoms with Gasteiger partial charge >= 0.3 is 0 Å². The van der Waals surface area contributed by atoms with E-state index in [0.29, 0.717) is 6.54 Å². The molecular weight excluding hydrogens is 341 g/mol. The van der Waals surface area contributed by atoms with Crippen molar-refractivity contribution in [1.82, 2.24) is 5.32 Å². The zero-order valence-corrected chi connectivity index (χ0v) is 14.8. The average Bonchev–Trinajstić information content (AvgIpc) is 2.63. The summed E-state index contributed by atoms with van der Waals surface area (Å²) in [7, 11) is 0. The average molecular weight is 364 g/mol. The van der Waals surface area contributed by atoms with E-state index in [1.807, 2.05) is 6.07 Å². The molecule has 25 heavy (non-hydrogen) atoms. The molecule has 2 N–H and O–H groups in total. The van der Waals surface area contributed by atoms with E-state index < -0.39 is 5.82 Å². The Morgan fingerprint density at radius 1 is 1.04 bits per heavy atom. The summed E-state index contributed by atoms with van der Waals surface area (Å²) >= 11 is 0. The molecule has 6 heteroatoms. The summed E-state index contributed by atoms with van der Waals surface area (Å²) in [6.07, 6.45) is 0. The molecule has 0 bridgehead atoms. The molecule has 134 valence electrons. The van der Waals surface area contributed by atoms with Crippen molar-refractivity contribution in [3.63, 3.8) is 0 Å². The van der Waals surface area contributed by atoms with Gasteiger partial charge in [-0.15, -0.1) is 0 Å². The van der Waals surface area contributed by atoms with E-state index in [9.17, 15) is 9.18 Å². The Labute approximate surface area is 154 Å². The number of carbonyl (C=O) groups excluding carboxylic acids is 1. The Morgan fingerprint density at radius 3 is 2.36 bits per heavy atom. The van der Waals surface area contributed by atoms with Gasteiger partial charge in [-0.3, -0.25) is 4.79 Å². The van der Waals surface area contributed by atoms with Gasteiger partial charge in [0.25, 0.3) is 5.91 Å². The van der Waals surface area contributed by atoms with Crippen LogP contribution in [-0.2, 0) is 0 Å². The second-order valence-electron chi connectivity index (χ2n) is 6.06. The number of para-hydroxylation sites is 1. The molecule has 0 spiro atoms. The number of amides is 1. The van der Waals surface area contributed by atoms with Gasteiger partial charge in [0.2, 0.25) is 0 Å². The van der Waals surface area contributed by atoms with Gasteiger partial charge in [0.05, 0.1) is 44.8 Å². The molecule has 1 fully saturated rings. The smallest absolute Gasteiger partial charge is 0.254 e. The van der Waals surface area contributed by atoms with E-state index in [1.54, 1.807) is 12.1 Å². The number of carbonyl (C=O) groups is 1. The van der Waals surface area contributed by atoms with E-state index in [2.05, 4.69) is 34.5 Å². The first-order valence-electron chi connectivity index (χ1n) is 8.40. The number of piperazine rings is 1. The Hall–Kier alpha value is -2.11. The fourth-order valence-electron chi connectivity index (χ4n) is 3.06. The van der Waals surface area contributed by atoms with Crippen molar-refractivity contribution >= 4 is 11.6 Å². The first-order chi connectivity index (χ1) is 11.7. The number of hydrogen-bond acceptors (Lipinski definition) is 2. The molecule has 0 aromatic heterocycles. The Bertz CT molecular complexity index is 675. The Kier molecular flexibility index (Phi) is 7.22. The van der Waals surface area contributed by atoms with Crippen molar-refractivity contribution in [1.29, 1.82) is 0 Å². The van der Waals surface area contributed by atoms with Gasteiger partial charge in [-0.1, -0.05) is 30.3 Å². The van der Waals surface area contributed by atoms with Crippen molar-refractivity contribution in [3.8, 4) is 0 Å². The maximum Gasteiger partial charge on any atom is 0.254 e. The van der Waals surface area contributed by atoms with E-state index in [1.165, 1.54) is 22.7 Å². The summed E-state index contributed by atoms with van der Waals surface area (Å²) in [5, 5.41) is 2.82. The zero-order chi connectivity index (χ0) is 16.8. The number of benzene rings is 2. The highest BCUT2D eigenvalue weighted by Gasteiger charge is 2.20. The molecule has 1 aliphatic rings. The van der Waals surface area contributed by atoms with Crippen LogP contribution < -0.4 is 27.5 Å². The first kappa shape index (κ1) is 19.2. The fourth-order valence-corrected chi connectivity index (χ4v) is 3.06. The van der Waals surface area contributed by atoms with E-state index in [4.69, 9.17) is 0 Å². The third kappa shape index (κ3) is 5.18. The summed E-state index contributed by atoms with van der Waals surface area (Å²) in [6.45, 7) is 5.55. The maximum atomic E-state index is 13.6. The summed E-state index contributed by atoms with van der Waals surface area (Å²) in [5.41, 5.74) is 1.38. The first-order valence-corrected chi connectivity index (χ1v) is 8.40. The summed E-state index contributed by atoms with van der Waals surface area (Å²) < 4.78 is 13.6. The highest BCUT2D eigenvalue weighted by molar-refractivity contribution is 5.94. The van der Waals surface area contributed by atoms with Crippen molar-refractivity contribution in [3.05, 3.63) is 66.0 Å². The fraction of sp³-hybridized carbons (Fsp3) is 0.316. The molecule has 1 saturated heterocycles. The molecule has 0 aliphatic carbocycles. The predicted octanol–water partition coefficient (Wildman–Crippen LogP) is -2.04. The number of rotatable bonds is 5. The minimum Gasteiger partial charge on any atom is -1.00 e. The van der Waals surface area contributed by atoms with Crippen LogP contribution in [0, 0.1) is 5.82 Å². The topological polar surface area (TPSA) is 36.8 Å². The van der Waals surface area contributed by atoms with Crippen LogP contribution in [0.4, 0.5) is 10.1 Å². The molecular formula is C19H23ClFN3O. The van der Waals surface area contributed by atoms with Crippen LogP contribution in [0.2, 0.25) is 0 Å². The van der Waals surface area contributed by atoms with Crippen LogP contribution in [0.15, 0.2) is 54.6 Å². The maximum absolute atomic E-state index is 13.6. The second-order valence-corrected chi connectivity index (χ2v) is 6.06. The molecule has 2 aromatic rings. The third-order valence-corrected chi connectivity index (χ3v) is 4.47. The molecule has 1 amide bonds. The van der Waals surface area contributed by atoms with Gasteiger partial charge in [-0.05, 0) is 24.3 Å². The number of hydrogen-bond donors (Lipinski definition) is 2. The largest absolute Gasteiger partial charge is 1.00 e. The Balaban J connectivity index is 0.00000225. The van der Waals surface area contributed by atoms with Crippen LogP contribution in [0.25, 0.3) is 0 Å². The number of nitrogens with one attached hydrogen (secondary N) is 2. The minimum absolute atomic E-state index is 0. The number of halogens is 2. The van der Waals surface area contributed by atoms with Gasteiger partial charge in [0, 0.05) is 5.69 Å². The summed E-state index contributed by atoms with van der Waals surface area (Å²) in [5.74, 6) is -0.811. The van der Waals surface area contributed by atoms with E-state index in [0.717, 1.165) is 32.7 Å². The van der Waals surface area contributed by atoms with Crippen LogP contribution in [0.3, 0.4) is 0 Å². The van der Waals surface area contributed by atoms with Crippen molar-refractivity contribution < 1.29 is 26.5 Å². The lowest BCUT2D eigenvalue weighted by atomic mass is 10.2. The molecule has 0 saturated carbocycles. The predicted molar refractivity (Wildman–Crippen MR) is 93.0 cm³/mol. The lowest BCUT2D eigenvalue weighted by Crippen LogP contribution is -3.15. The van der Waals surface area contributed by atoms with Crippen LogP contribution in [-0.4, -0.2) is 45.2 Å². The monoisotopic (exact) mass is 363 g/mol. The molecule has 1 aliphatic heterocycles. The minimum atomic E-state index is -0.473. The van der Waals surface area contributed by atoms with E-state index in [-0.39, 0.29) is 23.9 Å². The van der Waals surface area contributed by atoms with E-state index >= 15 is 0 Å². The molecule has 2 aromatic carbocycles. The second kappa shape index (κ2) is 9.39. The molecule has 0 radical (unpaired) electrons. The lowest BCUT2D eigenvalue weighted by molar-refractivity contribution is -0.899.